The van der Waals surface area contributed by atoms with E-state index in [1.54, 1.807) is 0 Å². The number of hydrogen-bond acceptors (Lipinski definition) is 6. The third kappa shape index (κ3) is 49.5. The van der Waals surface area contributed by atoms with E-state index < -0.39 is 6.10 Å². The molecule has 0 aliphatic heterocycles. The maximum Gasteiger partial charge on any atom is 0.306 e. The lowest BCUT2D eigenvalue weighted by Gasteiger charge is -2.18. The van der Waals surface area contributed by atoms with E-state index in [1.807, 2.05) is 0 Å². The maximum absolute atomic E-state index is 12.8. The molecule has 6 heteroatoms. The second-order valence-electron chi connectivity index (χ2n) is 17.1. The van der Waals surface area contributed by atoms with Crippen LogP contribution in [0, 0.1) is 0 Å². The average molecular weight is 877 g/mol. The minimum atomic E-state index is -0.791. The van der Waals surface area contributed by atoms with Gasteiger partial charge in [0.15, 0.2) is 6.10 Å². The number of unbranched alkanes of at least 4 members (excludes halogenated alkanes) is 24. The highest BCUT2D eigenvalue weighted by atomic mass is 16.6. The molecule has 0 saturated carbocycles. The minimum Gasteiger partial charge on any atom is -0.462 e. The lowest BCUT2D eigenvalue weighted by Crippen LogP contribution is -2.30. The van der Waals surface area contributed by atoms with Gasteiger partial charge in [0.1, 0.15) is 13.2 Å². The molecule has 0 fully saturated rings. The highest BCUT2D eigenvalue weighted by molar-refractivity contribution is 5.71. The summed E-state index contributed by atoms with van der Waals surface area (Å²) in [5.41, 5.74) is 0. The normalized spacial score (nSPS) is 12.7. The Bertz CT molecular complexity index is 1240. The van der Waals surface area contributed by atoms with E-state index in [0.717, 1.165) is 116 Å². The van der Waals surface area contributed by atoms with Crippen molar-refractivity contribution in [2.45, 2.75) is 245 Å². The fourth-order valence-electron chi connectivity index (χ4n) is 7.06. The Balaban J connectivity index is 4.44. The van der Waals surface area contributed by atoms with E-state index in [9.17, 15) is 14.4 Å². The summed E-state index contributed by atoms with van der Waals surface area (Å²) in [5, 5.41) is 0. The molecule has 0 aromatic rings. The number of ether oxygens (including phenoxy) is 3. The van der Waals surface area contributed by atoms with Crippen LogP contribution in [0.2, 0.25) is 0 Å². The highest BCUT2D eigenvalue weighted by Crippen LogP contribution is 2.14. The standard InChI is InChI=1S/C57H96O6/c1-4-7-10-13-16-19-22-24-26-28-29-31-32-35-38-41-44-47-50-56(59)62-53-54(52-61-55(58)49-46-43-40-37-34-21-18-15-12-9-6-3)63-57(60)51-48-45-42-39-36-33-30-27-25-23-20-17-14-11-8-5-2/h8,11,16-17,19-20,22,24-29,31,54H,4-7,9-10,12-15,18,21,23,30,32-53H2,1-3H3/b11-8-,19-16-,20-17-,24-22-,27-25-,28-26-,31-29-. The third-order valence-electron chi connectivity index (χ3n) is 11.0. The molecule has 1 atom stereocenters. The Hall–Kier alpha value is -3.41. The van der Waals surface area contributed by atoms with E-state index in [0.29, 0.717) is 19.3 Å². The number of esters is 3. The van der Waals surface area contributed by atoms with Gasteiger partial charge in [-0.15, -0.1) is 0 Å². The SMILES string of the molecule is CC/C=C\C/C=C\C/C=C\CCCCCCCCC(=O)OC(COC(=O)CCCCCCC\C=C/C=C\C=C/C=C\CCCCC)COC(=O)CCCCCCCCCCCCC. The van der Waals surface area contributed by atoms with E-state index in [4.69, 9.17) is 14.2 Å². The molecule has 1 unspecified atom stereocenters. The van der Waals surface area contributed by atoms with Crippen LogP contribution in [0.1, 0.15) is 239 Å². The average Bonchev–Trinajstić information content (AvgIpc) is 3.28. The van der Waals surface area contributed by atoms with Crippen LogP contribution in [0.4, 0.5) is 0 Å². The van der Waals surface area contributed by atoms with Crippen molar-refractivity contribution in [1.29, 1.82) is 0 Å². The summed E-state index contributed by atoms with van der Waals surface area (Å²) in [6.07, 6.45) is 65.6. The summed E-state index contributed by atoms with van der Waals surface area (Å²) < 4.78 is 16.8. The monoisotopic (exact) mass is 877 g/mol. The Morgan fingerprint density at radius 3 is 1.14 bits per heavy atom. The lowest BCUT2D eigenvalue weighted by molar-refractivity contribution is -0.167. The Kier molecular flexibility index (Phi) is 48.5. The highest BCUT2D eigenvalue weighted by Gasteiger charge is 2.19. The van der Waals surface area contributed by atoms with Crippen molar-refractivity contribution >= 4 is 17.9 Å². The summed E-state index contributed by atoms with van der Waals surface area (Å²) >= 11 is 0. The van der Waals surface area contributed by atoms with Gasteiger partial charge in [-0.05, 0) is 77.0 Å². The molecule has 0 aliphatic carbocycles. The van der Waals surface area contributed by atoms with Crippen LogP contribution in [0.5, 0.6) is 0 Å². The summed E-state index contributed by atoms with van der Waals surface area (Å²) in [7, 11) is 0. The van der Waals surface area contributed by atoms with Crippen LogP contribution in [0.15, 0.2) is 85.1 Å². The maximum atomic E-state index is 12.8. The van der Waals surface area contributed by atoms with Crippen molar-refractivity contribution < 1.29 is 28.6 Å². The van der Waals surface area contributed by atoms with Gasteiger partial charge in [-0.1, -0.05) is 228 Å². The van der Waals surface area contributed by atoms with Gasteiger partial charge in [0.05, 0.1) is 0 Å². The first-order valence-electron chi connectivity index (χ1n) is 26.1. The zero-order chi connectivity index (χ0) is 45.8. The molecule has 0 saturated heterocycles. The number of carbonyl (C=O) groups excluding carboxylic acids is 3. The number of carbonyl (C=O) groups is 3. The van der Waals surface area contributed by atoms with Gasteiger partial charge in [-0.25, -0.2) is 0 Å². The summed E-state index contributed by atoms with van der Waals surface area (Å²) in [5.74, 6) is -0.926. The van der Waals surface area contributed by atoms with Gasteiger partial charge >= 0.3 is 17.9 Å². The molecule has 0 aromatic carbocycles. The van der Waals surface area contributed by atoms with Gasteiger partial charge in [-0.2, -0.15) is 0 Å². The van der Waals surface area contributed by atoms with Crippen molar-refractivity contribution in [1.82, 2.24) is 0 Å². The van der Waals surface area contributed by atoms with Crippen LogP contribution in [0.3, 0.4) is 0 Å². The number of allylic oxidation sites excluding steroid dienone is 14. The van der Waals surface area contributed by atoms with Crippen molar-refractivity contribution in [3.8, 4) is 0 Å². The molecule has 0 N–H and O–H groups in total. The third-order valence-corrected chi connectivity index (χ3v) is 11.0. The molecule has 0 radical (unpaired) electrons. The molecular weight excluding hydrogens is 781 g/mol. The lowest BCUT2D eigenvalue weighted by atomic mass is 10.1. The fourth-order valence-corrected chi connectivity index (χ4v) is 7.06. The van der Waals surface area contributed by atoms with E-state index in [-0.39, 0.29) is 31.1 Å². The van der Waals surface area contributed by atoms with Crippen molar-refractivity contribution in [2.24, 2.45) is 0 Å². The Morgan fingerprint density at radius 1 is 0.349 bits per heavy atom. The van der Waals surface area contributed by atoms with Crippen LogP contribution >= 0.6 is 0 Å². The van der Waals surface area contributed by atoms with Crippen molar-refractivity contribution in [3.05, 3.63) is 85.1 Å². The zero-order valence-corrected chi connectivity index (χ0v) is 41.1. The Labute approximate surface area is 388 Å². The molecule has 0 amide bonds. The van der Waals surface area contributed by atoms with Crippen LogP contribution in [-0.2, 0) is 28.6 Å². The van der Waals surface area contributed by atoms with Crippen LogP contribution < -0.4 is 0 Å². The second-order valence-corrected chi connectivity index (χ2v) is 17.1. The van der Waals surface area contributed by atoms with Crippen LogP contribution in [-0.4, -0.2) is 37.2 Å². The predicted octanol–water partition coefficient (Wildman–Crippen LogP) is 17.2. The number of hydrogen-bond donors (Lipinski definition) is 0. The zero-order valence-electron chi connectivity index (χ0n) is 41.1. The van der Waals surface area contributed by atoms with Crippen molar-refractivity contribution in [3.63, 3.8) is 0 Å². The molecule has 0 aliphatic rings. The molecule has 0 heterocycles. The van der Waals surface area contributed by atoms with E-state index >= 15 is 0 Å². The molecular formula is C57H96O6. The minimum absolute atomic E-state index is 0.0889. The molecule has 0 rings (SSSR count). The second kappa shape index (κ2) is 51.2. The molecule has 0 aromatic heterocycles. The molecule has 63 heavy (non-hydrogen) atoms. The summed E-state index contributed by atoms with van der Waals surface area (Å²) in [4.78, 5) is 38.0. The first-order valence-corrected chi connectivity index (χ1v) is 26.1. The van der Waals surface area contributed by atoms with Crippen molar-refractivity contribution in [2.75, 3.05) is 13.2 Å². The molecule has 360 valence electrons. The largest absolute Gasteiger partial charge is 0.462 e. The predicted molar refractivity (Wildman–Crippen MR) is 270 cm³/mol. The fraction of sp³-hybridized carbons (Fsp3) is 0.702. The smallest absolute Gasteiger partial charge is 0.306 e. The molecule has 0 bridgehead atoms. The summed E-state index contributed by atoms with van der Waals surface area (Å²) in [6.45, 7) is 6.45. The Morgan fingerprint density at radius 2 is 0.683 bits per heavy atom. The first kappa shape index (κ1) is 59.6. The van der Waals surface area contributed by atoms with E-state index in [2.05, 4.69) is 106 Å². The van der Waals surface area contributed by atoms with Crippen LogP contribution in [0.25, 0.3) is 0 Å². The van der Waals surface area contributed by atoms with Gasteiger partial charge < -0.3 is 14.2 Å². The quantitative estimate of drug-likeness (QED) is 0.0199. The van der Waals surface area contributed by atoms with Gasteiger partial charge in [0.2, 0.25) is 0 Å². The van der Waals surface area contributed by atoms with Gasteiger partial charge in [0.25, 0.3) is 0 Å². The molecule has 0 spiro atoms. The van der Waals surface area contributed by atoms with Gasteiger partial charge in [0, 0.05) is 19.3 Å². The number of rotatable bonds is 46. The first-order chi connectivity index (χ1) is 31.0. The topological polar surface area (TPSA) is 78.9 Å². The summed E-state index contributed by atoms with van der Waals surface area (Å²) in [6, 6.07) is 0. The van der Waals surface area contributed by atoms with E-state index in [1.165, 1.54) is 83.5 Å². The van der Waals surface area contributed by atoms with Gasteiger partial charge in [-0.3, -0.25) is 14.4 Å². The molecule has 6 nitrogen and oxygen atoms in total.